The van der Waals surface area contributed by atoms with Crippen LogP contribution in [0.2, 0.25) is 0 Å². The molecule has 0 radical (unpaired) electrons. The summed E-state index contributed by atoms with van der Waals surface area (Å²) in [6.45, 7) is 5.25. The van der Waals surface area contributed by atoms with Crippen LogP contribution in [-0.4, -0.2) is 48.9 Å². The van der Waals surface area contributed by atoms with Crippen molar-refractivity contribution in [2.75, 3.05) is 19.3 Å². The van der Waals surface area contributed by atoms with Crippen molar-refractivity contribution >= 4 is 15.9 Å². The summed E-state index contributed by atoms with van der Waals surface area (Å²) in [7, 11) is -3.55. The molecule has 1 saturated heterocycles. The first-order valence-electron chi connectivity index (χ1n) is 7.38. The van der Waals surface area contributed by atoms with Crippen molar-refractivity contribution in [2.24, 2.45) is 5.92 Å². The lowest BCUT2D eigenvalue weighted by molar-refractivity contribution is 0.175. The van der Waals surface area contributed by atoms with Crippen molar-refractivity contribution in [1.82, 2.24) is 20.4 Å². The van der Waals surface area contributed by atoms with E-state index in [1.54, 1.807) is 4.90 Å². The zero-order chi connectivity index (χ0) is 16.3. The van der Waals surface area contributed by atoms with E-state index in [4.69, 9.17) is 4.42 Å². The number of piperidine rings is 1. The van der Waals surface area contributed by atoms with Crippen LogP contribution in [0.3, 0.4) is 0 Å². The normalized spacial score (nSPS) is 17.5. The minimum atomic E-state index is -3.55. The summed E-state index contributed by atoms with van der Waals surface area (Å²) in [5.74, 6) is 0.0994. The van der Waals surface area contributed by atoms with E-state index < -0.39 is 21.1 Å². The van der Waals surface area contributed by atoms with E-state index in [-0.39, 0.29) is 17.8 Å². The van der Waals surface area contributed by atoms with Gasteiger partial charge in [-0.05, 0) is 25.2 Å². The Balaban J connectivity index is 2.13. The molecule has 1 fully saturated rings. The Kier molecular flexibility index (Phi) is 5.05. The Morgan fingerprint density at radius 3 is 2.36 bits per heavy atom. The summed E-state index contributed by atoms with van der Waals surface area (Å²) in [4.78, 5) is 14.1. The standard InChI is InChI=1S/C13H22N4O4S/c1-9(2)10(11-15-16-13(21-11)22(3,19)20)14-12(18)17-7-5-4-6-8-17/h9-10H,4-8H2,1-3H3,(H,14,18)/t10-/m0/s1. The number of nitrogens with one attached hydrogen (secondary N) is 1. The van der Waals surface area contributed by atoms with E-state index in [2.05, 4.69) is 15.5 Å². The number of hydrogen-bond acceptors (Lipinski definition) is 6. The van der Waals surface area contributed by atoms with Crippen LogP contribution in [-0.2, 0) is 9.84 Å². The lowest BCUT2D eigenvalue weighted by Gasteiger charge is -2.29. The highest BCUT2D eigenvalue weighted by molar-refractivity contribution is 7.90. The second-order valence-electron chi connectivity index (χ2n) is 5.90. The molecule has 0 saturated carbocycles. The van der Waals surface area contributed by atoms with E-state index >= 15 is 0 Å². The van der Waals surface area contributed by atoms with Gasteiger partial charge in [0.25, 0.3) is 0 Å². The number of carbonyl (C=O) groups is 1. The first-order chi connectivity index (χ1) is 10.3. The predicted molar refractivity (Wildman–Crippen MR) is 78.9 cm³/mol. The third-order valence-corrected chi connectivity index (χ3v) is 4.39. The molecular weight excluding hydrogens is 308 g/mol. The topological polar surface area (TPSA) is 105 Å². The molecule has 2 rings (SSSR count). The molecule has 0 spiro atoms. The lowest BCUT2D eigenvalue weighted by Crippen LogP contribution is -2.45. The number of rotatable bonds is 4. The van der Waals surface area contributed by atoms with Crippen LogP contribution in [0.25, 0.3) is 0 Å². The van der Waals surface area contributed by atoms with Crippen LogP contribution < -0.4 is 5.32 Å². The van der Waals surface area contributed by atoms with Gasteiger partial charge in [-0.25, -0.2) is 13.2 Å². The van der Waals surface area contributed by atoms with Gasteiger partial charge in [0.1, 0.15) is 6.04 Å². The van der Waals surface area contributed by atoms with E-state index in [0.717, 1.165) is 38.6 Å². The predicted octanol–water partition coefficient (Wildman–Crippen LogP) is 1.37. The van der Waals surface area contributed by atoms with Crippen molar-refractivity contribution < 1.29 is 17.6 Å². The smallest absolute Gasteiger partial charge is 0.335 e. The van der Waals surface area contributed by atoms with Crippen molar-refractivity contribution in [3.63, 3.8) is 0 Å². The Bertz CT molecular complexity index is 620. The van der Waals surface area contributed by atoms with Crippen molar-refractivity contribution in [3.05, 3.63) is 5.89 Å². The van der Waals surface area contributed by atoms with Crippen molar-refractivity contribution in [2.45, 2.75) is 44.4 Å². The molecule has 22 heavy (non-hydrogen) atoms. The highest BCUT2D eigenvalue weighted by Crippen LogP contribution is 2.22. The molecule has 0 aromatic carbocycles. The molecule has 8 nitrogen and oxygen atoms in total. The van der Waals surface area contributed by atoms with Gasteiger partial charge >= 0.3 is 11.3 Å². The van der Waals surface area contributed by atoms with Crippen LogP contribution >= 0.6 is 0 Å². The Hall–Kier alpha value is -1.64. The first kappa shape index (κ1) is 16.7. The molecule has 0 unspecified atom stereocenters. The Morgan fingerprint density at radius 2 is 1.86 bits per heavy atom. The average Bonchev–Trinajstić information content (AvgIpc) is 2.94. The fourth-order valence-corrected chi connectivity index (χ4v) is 2.76. The Labute approximate surface area is 130 Å². The van der Waals surface area contributed by atoms with Gasteiger partial charge in [-0.2, -0.15) is 0 Å². The highest BCUT2D eigenvalue weighted by Gasteiger charge is 2.28. The lowest BCUT2D eigenvalue weighted by atomic mass is 10.0. The van der Waals surface area contributed by atoms with Gasteiger partial charge in [0.2, 0.25) is 15.7 Å². The second kappa shape index (κ2) is 6.64. The molecule has 1 aliphatic heterocycles. The molecule has 2 amide bonds. The van der Waals surface area contributed by atoms with Crippen LogP contribution in [0.15, 0.2) is 9.64 Å². The number of carbonyl (C=O) groups excluding carboxylic acids is 1. The highest BCUT2D eigenvalue weighted by atomic mass is 32.2. The van der Waals surface area contributed by atoms with Crippen LogP contribution in [0.5, 0.6) is 0 Å². The van der Waals surface area contributed by atoms with Gasteiger partial charge in [-0.15, -0.1) is 5.10 Å². The van der Waals surface area contributed by atoms with Gasteiger partial charge in [0.05, 0.1) is 0 Å². The summed E-state index contributed by atoms with van der Waals surface area (Å²) in [5, 5.41) is 9.75. The quantitative estimate of drug-likeness (QED) is 0.893. The summed E-state index contributed by atoms with van der Waals surface area (Å²) in [5.41, 5.74) is 0. The molecule has 1 atom stereocenters. The first-order valence-corrected chi connectivity index (χ1v) is 9.27. The largest absolute Gasteiger partial charge is 0.410 e. The fourth-order valence-electron chi connectivity index (χ4n) is 2.33. The number of amides is 2. The number of hydrogen-bond donors (Lipinski definition) is 1. The maximum Gasteiger partial charge on any atom is 0.335 e. The molecule has 2 heterocycles. The minimum Gasteiger partial charge on any atom is -0.410 e. The van der Waals surface area contributed by atoms with Gasteiger partial charge in [-0.1, -0.05) is 18.9 Å². The van der Waals surface area contributed by atoms with Crippen LogP contribution in [0.4, 0.5) is 4.79 Å². The molecule has 0 bridgehead atoms. The van der Waals surface area contributed by atoms with E-state index in [1.807, 2.05) is 13.8 Å². The number of likely N-dealkylation sites (tertiary alicyclic amines) is 1. The molecule has 1 N–H and O–H groups in total. The fraction of sp³-hybridized carbons (Fsp3) is 0.769. The molecule has 9 heteroatoms. The third-order valence-electron chi connectivity index (χ3n) is 3.59. The van der Waals surface area contributed by atoms with Crippen molar-refractivity contribution in [1.29, 1.82) is 0 Å². The average molecular weight is 330 g/mol. The summed E-state index contributed by atoms with van der Waals surface area (Å²) < 4.78 is 28.0. The second-order valence-corrected chi connectivity index (χ2v) is 7.79. The van der Waals surface area contributed by atoms with E-state index in [1.165, 1.54) is 0 Å². The van der Waals surface area contributed by atoms with E-state index in [9.17, 15) is 13.2 Å². The van der Waals surface area contributed by atoms with Crippen LogP contribution in [0, 0.1) is 5.92 Å². The molecule has 1 aromatic heterocycles. The Morgan fingerprint density at radius 1 is 1.23 bits per heavy atom. The molecule has 0 aliphatic carbocycles. The van der Waals surface area contributed by atoms with Gasteiger partial charge in [-0.3, -0.25) is 0 Å². The van der Waals surface area contributed by atoms with Crippen LogP contribution in [0.1, 0.15) is 45.0 Å². The third kappa shape index (κ3) is 3.96. The molecule has 1 aromatic rings. The minimum absolute atomic E-state index is 0.0124. The number of sulfone groups is 1. The number of aromatic nitrogens is 2. The maximum absolute atomic E-state index is 12.3. The zero-order valence-electron chi connectivity index (χ0n) is 13.1. The monoisotopic (exact) mass is 330 g/mol. The maximum atomic E-state index is 12.3. The summed E-state index contributed by atoms with van der Waals surface area (Å²) >= 11 is 0. The molecular formula is C13H22N4O4S. The van der Waals surface area contributed by atoms with Gasteiger partial charge in [0.15, 0.2) is 0 Å². The van der Waals surface area contributed by atoms with Gasteiger partial charge < -0.3 is 14.6 Å². The number of nitrogens with zero attached hydrogens (tertiary/aromatic N) is 3. The van der Waals surface area contributed by atoms with Crippen molar-refractivity contribution in [3.8, 4) is 0 Å². The van der Waals surface area contributed by atoms with E-state index in [0.29, 0.717) is 0 Å². The summed E-state index contributed by atoms with van der Waals surface area (Å²) in [6.07, 6.45) is 4.14. The molecule has 124 valence electrons. The number of urea groups is 1. The summed E-state index contributed by atoms with van der Waals surface area (Å²) in [6, 6.07) is -0.699. The van der Waals surface area contributed by atoms with Gasteiger partial charge in [0, 0.05) is 19.3 Å². The zero-order valence-corrected chi connectivity index (χ0v) is 13.9. The molecule has 1 aliphatic rings. The SMILES string of the molecule is CC(C)[C@H](NC(=O)N1CCCCC1)c1nnc(S(C)(=O)=O)o1.